The second-order valence-corrected chi connectivity index (χ2v) is 3.13. The van der Waals surface area contributed by atoms with Crippen molar-refractivity contribution >= 4 is 13.1 Å². The van der Waals surface area contributed by atoms with Gasteiger partial charge in [0.25, 0.3) is 0 Å². The van der Waals surface area contributed by atoms with E-state index in [1.54, 1.807) is 6.20 Å². The summed E-state index contributed by atoms with van der Waals surface area (Å²) in [6.07, 6.45) is 5.16. The third-order valence-electron chi connectivity index (χ3n) is 0.809. The summed E-state index contributed by atoms with van der Waals surface area (Å²) >= 11 is 0. The maximum Gasteiger partial charge on any atom is 0.114 e. The second kappa shape index (κ2) is 3.99. The van der Waals surface area contributed by atoms with Crippen LogP contribution in [0.3, 0.4) is 0 Å². The number of aliphatic imine (C=N–C) groups is 2. The van der Waals surface area contributed by atoms with E-state index in [-0.39, 0.29) is 5.41 Å². The van der Waals surface area contributed by atoms with Gasteiger partial charge in [-0.3, -0.25) is 4.99 Å². The van der Waals surface area contributed by atoms with Crippen LogP contribution in [0.4, 0.5) is 0 Å². The fourth-order valence-electron chi connectivity index (χ4n) is 0.352. The van der Waals surface area contributed by atoms with Gasteiger partial charge in [-0.15, -0.1) is 0 Å². The molecule has 0 heterocycles. The summed E-state index contributed by atoms with van der Waals surface area (Å²) in [4.78, 5) is 7.30. The molecule has 0 radical (unpaired) electrons. The van der Waals surface area contributed by atoms with Gasteiger partial charge in [0.2, 0.25) is 0 Å². The van der Waals surface area contributed by atoms with Crippen molar-refractivity contribution in [2.75, 3.05) is 0 Å². The molecule has 0 saturated carbocycles. The van der Waals surface area contributed by atoms with Crippen molar-refractivity contribution in [1.29, 1.82) is 0 Å². The van der Waals surface area contributed by atoms with Crippen molar-refractivity contribution in [1.82, 2.24) is 0 Å². The molecule has 0 bridgehead atoms. The summed E-state index contributed by atoms with van der Waals surface area (Å²) in [6.45, 7) is 9.60. The summed E-state index contributed by atoms with van der Waals surface area (Å²) in [5.74, 6) is 0. The maximum absolute atomic E-state index is 3.84. The Hall–Kier alpha value is -0.920. The molecule has 0 N–H and O–H groups in total. The van der Waals surface area contributed by atoms with Gasteiger partial charge in [0.05, 0.1) is 0 Å². The zero-order valence-electron chi connectivity index (χ0n) is 6.83. The topological polar surface area (TPSA) is 24.7 Å². The SMILES string of the molecule is C=N/C=N\C=C/C(C)(C)C. The highest BCUT2D eigenvalue weighted by Crippen LogP contribution is 2.13. The molecule has 0 aliphatic heterocycles. The van der Waals surface area contributed by atoms with E-state index < -0.39 is 0 Å². The largest absolute Gasteiger partial charge is 0.253 e. The average Bonchev–Trinajstić information content (AvgIpc) is 1.78. The summed E-state index contributed by atoms with van der Waals surface area (Å²) in [7, 11) is 0. The van der Waals surface area contributed by atoms with E-state index in [1.165, 1.54) is 6.34 Å². The van der Waals surface area contributed by atoms with Crippen LogP contribution >= 0.6 is 0 Å². The molecule has 0 aromatic heterocycles. The average molecular weight is 138 g/mol. The fourth-order valence-corrected chi connectivity index (χ4v) is 0.352. The van der Waals surface area contributed by atoms with Crippen molar-refractivity contribution in [3.63, 3.8) is 0 Å². The molecule has 56 valence electrons. The third-order valence-corrected chi connectivity index (χ3v) is 0.809. The molecular formula is C8H14N2. The van der Waals surface area contributed by atoms with Crippen LogP contribution < -0.4 is 0 Å². The number of hydrogen-bond acceptors (Lipinski definition) is 1. The van der Waals surface area contributed by atoms with Crippen LogP contribution in [0.1, 0.15) is 20.8 Å². The minimum Gasteiger partial charge on any atom is -0.253 e. The highest BCUT2D eigenvalue weighted by molar-refractivity contribution is 5.62. The minimum absolute atomic E-state index is 0.193. The first-order valence-electron chi connectivity index (χ1n) is 3.21. The Bertz CT molecular complexity index is 149. The Labute approximate surface area is 62.4 Å². The summed E-state index contributed by atoms with van der Waals surface area (Å²) < 4.78 is 0. The van der Waals surface area contributed by atoms with Crippen LogP contribution in [-0.4, -0.2) is 13.1 Å². The van der Waals surface area contributed by atoms with E-state index in [9.17, 15) is 0 Å². The molecule has 0 spiro atoms. The molecule has 0 unspecified atom stereocenters. The monoisotopic (exact) mass is 138 g/mol. The molecule has 0 aliphatic rings. The van der Waals surface area contributed by atoms with E-state index in [1.807, 2.05) is 6.08 Å². The smallest absolute Gasteiger partial charge is 0.114 e. The quantitative estimate of drug-likeness (QED) is 0.413. The van der Waals surface area contributed by atoms with Crippen LogP contribution in [0.5, 0.6) is 0 Å². The van der Waals surface area contributed by atoms with Crippen molar-refractivity contribution in [2.24, 2.45) is 15.4 Å². The summed E-state index contributed by atoms with van der Waals surface area (Å²) in [6, 6.07) is 0. The highest BCUT2D eigenvalue weighted by atomic mass is 14.8. The zero-order valence-corrected chi connectivity index (χ0v) is 6.83. The lowest BCUT2D eigenvalue weighted by molar-refractivity contribution is 0.543. The van der Waals surface area contributed by atoms with Gasteiger partial charge in [-0.1, -0.05) is 26.8 Å². The van der Waals surface area contributed by atoms with Crippen LogP contribution in [0.2, 0.25) is 0 Å². The lowest BCUT2D eigenvalue weighted by atomic mass is 9.97. The number of nitrogens with zero attached hydrogens (tertiary/aromatic N) is 2. The van der Waals surface area contributed by atoms with Crippen molar-refractivity contribution < 1.29 is 0 Å². The molecule has 2 nitrogen and oxygen atoms in total. The van der Waals surface area contributed by atoms with Gasteiger partial charge in [0, 0.05) is 6.20 Å². The molecule has 0 fully saturated rings. The first kappa shape index (κ1) is 9.08. The molecular weight excluding hydrogens is 124 g/mol. The molecule has 0 aromatic carbocycles. The second-order valence-electron chi connectivity index (χ2n) is 3.13. The van der Waals surface area contributed by atoms with Gasteiger partial charge in [-0.05, 0) is 12.1 Å². The Balaban J connectivity index is 3.77. The molecule has 0 aromatic rings. The van der Waals surface area contributed by atoms with Gasteiger partial charge < -0.3 is 0 Å². The Morgan fingerprint density at radius 3 is 2.30 bits per heavy atom. The summed E-state index contributed by atoms with van der Waals surface area (Å²) in [5, 5.41) is 0. The third kappa shape index (κ3) is 7.08. The normalized spacial score (nSPS) is 13.1. The Morgan fingerprint density at radius 1 is 1.30 bits per heavy atom. The van der Waals surface area contributed by atoms with E-state index in [0.717, 1.165) is 0 Å². The predicted molar refractivity (Wildman–Crippen MR) is 46.6 cm³/mol. The minimum atomic E-state index is 0.193. The Morgan fingerprint density at radius 2 is 1.90 bits per heavy atom. The lowest BCUT2D eigenvalue weighted by Gasteiger charge is -2.09. The molecule has 0 aliphatic carbocycles. The first-order valence-corrected chi connectivity index (χ1v) is 3.21. The molecule has 0 amide bonds. The van der Waals surface area contributed by atoms with E-state index >= 15 is 0 Å². The van der Waals surface area contributed by atoms with Gasteiger partial charge >= 0.3 is 0 Å². The van der Waals surface area contributed by atoms with Gasteiger partial charge in [0.15, 0.2) is 0 Å². The molecule has 2 heteroatoms. The number of rotatable bonds is 2. The zero-order chi connectivity index (χ0) is 8.04. The van der Waals surface area contributed by atoms with Gasteiger partial charge in [0.1, 0.15) is 6.34 Å². The summed E-state index contributed by atoms with van der Waals surface area (Å²) in [5.41, 5.74) is 0.193. The highest BCUT2D eigenvalue weighted by Gasteiger charge is 2.01. The van der Waals surface area contributed by atoms with Crippen LogP contribution in [0.15, 0.2) is 22.3 Å². The predicted octanol–water partition coefficient (Wildman–Crippen LogP) is 2.28. The molecule has 0 rings (SSSR count). The lowest BCUT2D eigenvalue weighted by Crippen LogP contribution is -1.97. The molecule has 0 atom stereocenters. The van der Waals surface area contributed by atoms with Crippen LogP contribution in [0.25, 0.3) is 0 Å². The van der Waals surface area contributed by atoms with Gasteiger partial charge in [-0.2, -0.15) is 0 Å². The van der Waals surface area contributed by atoms with Crippen LogP contribution in [-0.2, 0) is 0 Å². The number of allylic oxidation sites excluding steroid dienone is 1. The standard InChI is InChI=1S/C8H14N2/c1-8(2,3)5-6-10-7-9-4/h5-7H,4H2,1-3H3/b6-5-,10-7-. The molecule has 10 heavy (non-hydrogen) atoms. The van der Waals surface area contributed by atoms with Crippen molar-refractivity contribution in [3.8, 4) is 0 Å². The number of hydrogen-bond donors (Lipinski definition) is 0. The van der Waals surface area contributed by atoms with E-state index in [2.05, 4.69) is 37.5 Å². The van der Waals surface area contributed by atoms with Crippen LogP contribution in [0, 0.1) is 5.41 Å². The van der Waals surface area contributed by atoms with E-state index in [4.69, 9.17) is 0 Å². The maximum atomic E-state index is 3.84. The van der Waals surface area contributed by atoms with Gasteiger partial charge in [-0.25, -0.2) is 4.99 Å². The Kier molecular flexibility index (Phi) is 3.62. The van der Waals surface area contributed by atoms with Crippen molar-refractivity contribution in [3.05, 3.63) is 12.3 Å². The molecule has 0 saturated heterocycles. The van der Waals surface area contributed by atoms with Crippen molar-refractivity contribution in [2.45, 2.75) is 20.8 Å². The fraction of sp³-hybridized carbons (Fsp3) is 0.500. The first-order chi connectivity index (χ1) is 4.56. The van der Waals surface area contributed by atoms with E-state index in [0.29, 0.717) is 0 Å².